The van der Waals surface area contributed by atoms with Crippen molar-refractivity contribution in [1.29, 1.82) is 0 Å². The average Bonchev–Trinajstić information content (AvgIpc) is 3.19. The lowest BCUT2D eigenvalue weighted by Crippen LogP contribution is -2.45. The first-order chi connectivity index (χ1) is 12.2. The molecule has 25 heavy (non-hydrogen) atoms. The van der Waals surface area contributed by atoms with Gasteiger partial charge in [-0.05, 0) is 17.8 Å². The maximum atomic E-state index is 5.80. The first-order valence-corrected chi connectivity index (χ1v) is 9.23. The fourth-order valence-corrected chi connectivity index (χ4v) is 3.77. The molecule has 1 aromatic carbocycles. The second kappa shape index (κ2) is 6.99. The molecule has 2 fully saturated rings. The third-order valence-electron chi connectivity index (χ3n) is 5.10. The molecule has 2 aromatic rings. The molecule has 6 nitrogen and oxygen atoms in total. The van der Waals surface area contributed by atoms with Crippen LogP contribution in [-0.4, -0.2) is 51.3 Å². The number of hydrogen-bond donors (Lipinski definition) is 0. The van der Waals surface area contributed by atoms with Crippen molar-refractivity contribution in [2.45, 2.75) is 31.7 Å². The summed E-state index contributed by atoms with van der Waals surface area (Å²) >= 11 is 5.59. The molecule has 0 atom stereocenters. The molecule has 2 saturated heterocycles. The minimum absolute atomic E-state index is 0.333. The van der Waals surface area contributed by atoms with E-state index in [2.05, 4.69) is 29.2 Å². The Labute approximate surface area is 153 Å². The average molecular weight is 360 g/mol. The van der Waals surface area contributed by atoms with Crippen molar-refractivity contribution in [3.63, 3.8) is 0 Å². The Morgan fingerprint density at radius 3 is 2.48 bits per heavy atom. The van der Waals surface area contributed by atoms with E-state index in [1.807, 2.05) is 22.4 Å². The van der Waals surface area contributed by atoms with Crippen LogP contribution in [0.5, 0.6) is 0 Å². The summed E-state index contributed by atoms with van der Waals surface area (Å²) in [6.45, 7) is 4.03. The van der Waals surface area contributed by atoms with Crippen LogP contribution in [0.3, 0.4) is 0 Å². The molecule has 2 aliphatic rings. The van der Waals surface area contributed by atoms with Gasteiger partial charge in [0.05, 0.1) is 19.9 Å². The van der Waals surface area contributed by atoms with Crippen molar-refractivity contribution < 1.29 is 9.47 Å². The quantitative estimate of drug-likeness (QED) is 0.783. The minimum Gasteiger partial charge on any atom is -0.347 e. The summed E-state index contributed by atoms with van der Waals surface area (Å²) in [4.78, 5) is 2.37. The standard InChI is InChI=1S/C18H24N4O2S/c1-20-16(13-15-5-3-2-4-6-15)19-22(17(20)25)14-21-9-7-18(8-10-21)23-11-12-24-18/h2-6H,7-14H2,1H3. The highest BCUT2D eigenvalue weighted by molar-refractivity contribution is 7.71. The van der Waals surface area contributed by atoms with E-state index in [0.29, 0.717) is 13.2 Å². The van der Waals surface area contributed by atoms with E-state index in [-0.39, 0.29) is 5.79 Å². The van der Waals surface area contributed by atoms with Crippen LogP contribution in [-0.2, 0) is 29.6 Å². The Morgan fingerprint density at radius 1 is 1.12 bits per heavy atom. The number of aromatic nitrogens is 3. The van der Waals surface area contributed by atoms with Gasteiger partial charge in [0.1, 0.15) is 5.82 Å². The number of rotatable bonds is 4. The van der Waals surface area contributed by atoms with Crippen molar-refractivity contribution in [2.75, 3.05) is 26.3 Å². The Kier molecular flexibility index (Phi) is 4.73. The third-order valence-corrected chi connectivity index (χ3v) is 5.59. The predicted molar refractivity (Wildman–Crippen MR) is 96.7 cm³/mol. The van der Waals surface area contributed by atoms with Crippen molar-refractivity contribution in [3.05, 3.63) is 46.5 Å². The molecule has 0 unspecified atom stereocenters. The summed E-state index contributed by atoms with van der Waals surface area (Å²) in [5.41, 5.74) is 1.24. The third kappa shape index (κ3) is 3.55. The Hall–Kier alpha value is -1.54. The van der Waals surface area contributed by atoms with Gasteiger partial charge in [-0.15, -0.1) is 0 Å². The zero-order valence-electron chi connectivity index (χ0n) is 14.6. The molecule has 0 N–H and O–H groups in total. The van der Waals surface area contributed by atoms with Crippen LogP contribution >= 0.6 is 12.2 Å². The van der Waals surface area contributed by atoms with Crippen molar-refractivity contribution in [2.24, 2.45) is 7.05 Å². The first-order valence-electron chi connectivity index (χ1n) is 8.82. The highest BCUT2D eigenvalue weighted by atomic mass is 32.1. The Bertz CT molecular complexity index is 770. The number of likely N-dealkylation sites (tertiary alicyclic amines) is 1. The number of ether oxygens (including phenoxy) is 2. The summed E-state index contributed by atoms with van der Waals surface area (Å²) in [6.07, 6.45) is 2.60. The van der Waals surface area contributed by atoms with E-state index in [9.17, 15) is 0 Å². The molecular formula is C18H24N4O2S. The lowest BCUT2D eigenvalue weighted by Gasteiger charge is -2.37. The number of benzene rings is 1. The normalized spacial score (nSPS) is 20.4. The highest BCUT2D eigenvalue weighted by Crippen LogP contribution is 2.31. The fourth-order valence-electron chi connectivity index (χ4n) is 3.57. The smallest absolute Gasteiger partial charge is 0.198 e. The van der Waals surface area contributed by atoms with E-state index in [4.69, 9.17) is 26.8 Å². The summed E-state index contributed by atoms with van der Waals surface area (Å²) in [5, 5.41) is 4.76. The van der Waals surface area contributed by atoms with Gasteiger partial charge in [0, 0.05) is 39.4 Å². The zero-order chi connectivity index (χ0) is 17.3. The maximum absolute atomic E-state index is 5.80. The van der Waals surface area contributed by atoms with Gasteiger partial charge in [-0.25, -0.2) is 4.68 Å². The SMILES string of the molecule is Cn1c(Cc2ccccc2)nn(CN2CCC3(CC2)OCCO3)c1=S. The summed E-state index contributed by atoms with van der Waals surface area (Å²) in [5.74, 6) is 0.660. The number of hydrogen-bond acceptors (Lipinski definition) is 5. The van der Waals surface area contributed by atoms with Gasteiger partial charge in [0.25, 0.3) is 0 Å². The number of nitrogens with zero attached hydrogens (tertiary/aromatic N) is 4. The lowest BCUT2D eigenvalue weighted by atomic mass is 10.0. The van der Waals surface area contributed by atoms with Crippen LogP contribution in [0.4, 0.5) is 0 Å². The molecule has 2 aliphatic heterocycles. The molecule has 7 heteroatoms. The fraction of sp³-hybridized carbons (Fsp3) is 0.556. The van der Waals surface area contributed by atoms with Gasteiger partial charge in [-0.1, -0.05) is 30.3 Å². The van der Waals surface area contributed by atoms with Gasteiger partial charge in [-0.2, -0.15) is 5.10 Å². The van der Waals surface area contributed by atoms with E-state index < -0.39 is 0 Å². The van der Waals surface area contributed by atoms with Crippen LogP contribution in [0.1, 0.15) is 24.2 Å². The van der Waals surface area contributed by atoms with Gasteiger partial charge in [0.2, 0.25) is 0 Å². The van der Waals surface area contributed by atoms with Crippen LogP contribution in [0.15, 0.2) is 30.3 Å². The van der Waals surface area contributed by atoms with Crippen LogP contribution in [0, 0.1) is 4.77 Å². The predicted octanol–water partition coefficient (Wildman–Crippen LogP) is 2.34. The molecule has 3 heterocycles. The van der Waals surface area contributed by atoms with Gasteiger partial charge in [0.15, 0.2) is 10.6 Å². The van der Waals surface area contributed by atoms with Crippen LogP contribution in [0.25, 0.3) is 0 Å². The molecule has 0 amide bonds. The summed E-state index contributed by atoms with van der Waals surface area (Å²) in [7, 11) is 2.00. The minimum atomic E-state index is -0.333. The van der Waals surface area contributed by atoms with Crippen molar-refractivity contribution >= 4 is 12.2 Å². The second-order valence-electron chi connectivity index (χ2n) is 6.79. The molecule has 1 aromatic heterocycles. The van der Waals surface area contributed by atoms with Crippen molar-refractivity contribution in [3.8, 4) is 0 Å². The molecule has 4 rings (SSSR count). The molecule has 1 spiro atoms. The lowest BCUT2D eigenvalue weighted by molar-refractivity contribution is -0.187. The summed E-state index contributed by atoms with van der Waals surface area (Å²) in [6, 6.07) is 10.4. The number of piperidine rings is 1. The monoisotopic (exact) mass is 360 g/mol. The largest absolute Gasteiger partial charge is 0.347 e. The topological polar surface area (TPSA) is 44.5 Å². The zero-order valence-corrected chi connectivity index (χ0v) is 15.4. The first kappa shape index (κ1) is 16.9. The molecular weight excluding hydrogens is 336 g/mol. The van der Waals surface area contributed by atoms with Crippen LogP contribution in [0.2, 0.25) is 0 Å². The van der Waals surface area contributed by atoms with Crippen molar-refractivity contribution in [1.82, 2.24) is 19.2 Å². The van der Waals surface area contributed by atoms with Gasteiger partial charge >= 0.3 is 0 Å². The van der Waals surface area contributed by atoms with Gasteiger partial charge in [-0.3, -0.25) is 4.90 Å². The molecule has 0 bridgehead atoms. The van der Waals surface area contributed by atoms with E-state index in [1.54, 1.807) is 0 Å². The van der Waals surface area contributed by atoms with E-state index in [0.717, 1.165) is 49.6 Å². The van der Waals surface area contributed by atoms with Crippen LogP contribution < -0.4 is 0 Å². The Balaban J connectivity index is 1.43. The van der Waals surface area contributed by atoms with E-state index in [1.165, 1.54) is 5.56 Å². The maximum Gasteiger partial charge on any atom is 0.198 e. The second-order valence-corrected chi connectivity index (χ2v) is 7.15. The Morgan fingerprint density at radius 2 is 1.80 bits per heavy atom. The highest BCUT2D eigenvalue weighted by Gasteiger charge is 2.39. The molecule has 0 aliphatic carbocycles. The molecule has 134 valence electrons. The molecule has 0 saturated carbocycles. The van der Waals surface area contributed by atoms with Gasteiger partial charge < -0.3 is 14.0 Å². The van der Waals surface area contributed by atoms with E-state index >= 15 is 0 Å². The summed E-state index contributed by atoms with van der Waals surface area (Å²) < 4.78 is 16.3. The molecule has 0 radical (unpaired) electrons.